The molecular weight excluding hydrogens is 336 g/mol. The van der Waals surface area contributed by atoms with Gasteiger partial charge in [-0.1, -0.05) is 6.07 Å². The van der Waals surface area contributed by atoms with E-state index in [0.29, 0.717) is 17.5 Å². The Balaban J connectivity index is 2.14. The van der Waals surface area contributed by atoms with Gasteiger partial charge in [0.25, 0.3) is 0 Å². The first-order valence-corrected chi connectivity index (χ1v) is 7.28. The molecule has 2 rings (SSSR count). The Morgan fingerprint density at radius 1 is 1.04 bits per heavy atom. The van der Waals surface area contributed by atoms with Crippen LogP contribution in [0.3, 0.4) is 0 Å². The van der Waals surface area contributed by atoms with Crippen LogP contribution < -0.4 is 20.7 Å². The predicted octanol–water partition coefficient (Wildman–Crippen LogP) is 3.74. The van der Waals surface area contributed by atoms with Crippen LogP contribution >= 0.6 is 12.2 Å². The van der Waals surface area contributed by atoms with E-state index in [2.05, 4.69) is 16.0 Å². The summed E-state index contributed by atoms with van der Waals surface area (Å²) in [5, 5.41) is 7.86. The number of benzene rings is 2. The molecule has 0 unspecified atom stereocenters. The van der Waals surface area contributed by atoms with Crippen molar-refractivity contribution in [3.8, 4) is 5.75 Å². The molecule has 0 atom stereocenters. The number of halogens is 2. The third kappa shape index (κ3) is 4.63. The normalized spacial score (nSPS) is 10.0. The van der Waals surface area contributed by atoms with Crippen molar-refractivity contribution in [3.63, 3.8) is 0 Å². The summed E-state index contributed by atoms with van der Waals surface area (Å²) in [6.45, 7) is 1.23. The summed E-state index contributed by atoms with van der Waals surface area (Å²) in [6.07, 6.45) is 0. The third-order valence-corrected chi connectivity index (χ3v) is 3.15. The monoisotopic (exact) mass is 351 g/mol. The zero-order chi connectivity index (χ0) is 17.7. The summed E-state index contributed by atoms with van der Waals surface area (Å²) >= 11 is 5.11. The van der Waals surface area contributed by atoms with Gasteiger partial charge < -0.3 is 20.7 Å². The van der Waals surface area contributed by atoms with E-state index in [1.54, 1.807) is 24.3 Å². The Morgan fingerprint density at radius 3 is 2.33 bits per heavy atom. The van der Waals surface area contributed by atoms with E-state index in [-0.39, 0.29) is 16.5 Å². The molecule has 0 heterocycles. The van der Waals surface area contributed by atoms with E-state index >= 15 is 0 Å². The fourth-order valence-electron chi connectivity index (χ4n) is 1.92. The number of amides is 1. The number of carbonyl (C=O) groups excluding carboxylic acids is 1. The molecule has 5 nitrogen and oxygen atoms in total. The van der Waals surface area contributed by atoms with Crippen molar-refractivity contribution in [1.82, 2.24) is 0 Å². The Hall–Kier alpha value is -2.74. The maximum atomic E-state index is 13.9. The first-order chi connectivity index (χ1) is 11.4. The molecule has 0 aliphatic carbocycles. The predicted molar refractivity (Wildman–Crippen MR) is 93.5 cm³/mol. The summed E-state index contributed by atoms with van der Waals surface area (Å²) in [5.74, 6) is -1.55. The van der Waals surface area contributed by atoms with Crippen LogP contribution in [0.1, 0.15) is 6.92 Å². The third-order valence-electron chi connectivity index (χ3n) is 2.94. The molecule has 0 aliphatic heterocycles. The molecule has 0 spiro atoms. The van der Waals surface area contributed by atoms with E-state index in [1.807, 2.05) is 0 Å². The number of rotatable bonds is 4. The number of anilines is 3. The first kappa shape index (κ1) is 17.6. The fraction of sp³-hybridized carbons (Fsp3) is 0.125. The minimum absolute atomic E-state index is 0.0689. The maximum Gasteiger partial charge on any atom is 0.221 e. The Labute approximate surface area is 143 Å². The Morgan fingerprint density at radius 2 is 1.71 bits per heavy atom. The number of thiocarbonyl (C=S) groups is 1. The number of nitrogens with one attached hydrogen (secondary N) is 3. The lowest BCUT2D eigenvalue weighted by molar-refractivity contribution is -0.114. The largest absolute Gasteiger partial charge is 0.497 e. The van der Waals surface area contributed by atoms with Crippen molar-refractivity contribution in [2.45, 2.75) is 6.92 Å². The van der Waals surface area contributed by atoms with E-state index in [9.17, 15) is 13.6 Å². The van der Waals surface area contributed by atoms with Gasteiger partial charge in [0.2, 0.25) is 5.91 Å². The quantitative estimate of drug-likeness (QED) is 0.733. The number of hydrogen-bond donors (Lipinski definition) is 3. The van der Waals surface area contributed by atoms with Gasteiger partial charge in [0.1, 0.15) is 17.4 Å². The summed E-state index contributed by atoms with van der Waals surface area (Å²) in [4.78, 5) is 11.0. The topological polar surface area (TPSA) is 62.4 Å². The van der Waals surface area contributed by atoms with Gasteiger partial charge in [-0.25, -0.2) is 8.78 Å². The Bertz CT molecular complexity index is 784. The molecule has 2 aromatic rings. The molecule has 0 aromatic heterocycles. The Kier molecular flexibility index (Phi) is 5.64. The lowest BCUT2D eigenvalue weighted by atomic mass is 10.2. The zero-order valence-corrected chi connectivity index (χ0v) is 13.8. The minimum atomic E-state index is -0.875. The molecule has 0 fully saturated rings. The van der Waals surface area contributed by atoms with Crippen molar-refractivity contribution >= 4 is 40.3 Å². The van der Waals surface area contributed by atoms with E-state index in [1.165, 1.54) is 14.0 Å². The molecule has 1 amide bonds. The van der Waals surface area contributed by atoms with Crippen molar-refractivity contribution < 1.29 is 18.3 Å². The molecule has 2 aromatic carbocycles. The van der Waals surface area contributed by atoms with Crippen molar-refractivity contribution in [1.29, 1.82) is 0 Å². The summed E-state index contributed by atoms with van der Waals surface area (Å²) in [7, 11) is 1.53. The lowest BCUT2D eigenvalue weighted by Gasteiger charge is -2.13. The summed E-state index contributed by atoms with van der Waals surface area (Å²) in [6, 6.07) is 8.78. The standard InChI is InChI=1S/C16H15F2N3O2S/c1-9(22)19-14-8-15(13(18)7-12(14)17)21-16(24)20-10-4-3-5-11(6-10)23-2/h3-8H,1-2H3,(H,19,22)(H2,20,21,24). The smallest absolute Gasteiger partial charge is 0.221 e. The molecule has 24 heavy (non-hydrogen) atoms. The van der Waals surface area contributed by atoms with Gasteiger partial charge in [-0.3, -0.25) is 4.79 Å². The van der Waals surface area contributed by atoms with E-state index < -0.39 is 17.5 Å². The van der Waals surface area contributed by atoms with Crippen LogP contribution in [-0.4, -0.2) is 18.1 Å². The molecule has 8 heteroatoms. The highest BCUT2D eigenvalue weighted by atomic mass is 32.1. The maximum absolute atomic E-state index is 13.9. The van der Waals surface area contributed by atoms with Gasteiger partial charge in [0.05, 0.1) is 18.5 Å². The second-order valence-corrected chi connectivity index (χ2v) is 5.21. The number of methoxy groups -OCH3 is 1. The van der Waals surface area contributed by atoms with Crippen molar-refractivity contribution in [3.05, 3.63) is 48.0 Å². The summed E-state index contributed by atoms with van der Waals surface area (Å²) < 4.78 is 32.6. The molecule has 0 radical (unpaired) electrons. The average molecular weight is 351 g/mol. The number of carbonyl (C=O) groups is 1. The second kappa shape index (κ2) is 7.69. The van der Waals surface area contributed by atoms with Crippen LogP contribution in [0, 0.1) is 11.6 Å². The van der Waals surface area contributed by atoms with E-state index in [4.69, 9.17) is 17.0 Å². The van der Waals surface area contributed by atoms with Gasteiger partial charge in [-0.05, 0) is 30.4 Å². The molecule has 0 saturated carbocycles. The fourth-order valence-corrected chi connectivity index (χ4v) is 2.14. The number of hydrogen-bond acceptors (Lipinski definition) is 3. The zero-order valence-electron chi connectivity index (χ0n) is 12.9. The average Bonchev–Trinajstić information content (AvgIpc) is 2.51. The summed E-state index contributed by atoms with van der Waals surface area (Å²) in [5.41, 5.74) is 0.424. The highest BCUT2D eigenvalue weighted by Crippen LogP contribution is 2.24. The van der Waals surface area contributed by atoms with Crippen LogP contribution in [0.25, 0.3) is 0 Å². The highest BCUT2D eigenvalue weighted by molar-refractivity contribution is 7.80. The first-order valence-electron chi connectivity index (χ1n) is 6.87. The van der Waals surface area contributed by atoms with Crippen LogP contribution in [0.4, 0.5) is 25.8 Å². The van der Waals surface area contributed by atoms with Gasteiger partial charge in [0, 0.05) is 24.7 Å². The molecule has 126 valence electrons. The SMILES string of the molecule is COc1cccc(NC(=S)Nc2cc(NC(C)=O)c(F)cc2F)c1. The molecule has 0 bridgehead atoms. The van der Waals surface area contributed by atoms with Gasteiger partial charge in [-0.2, -0.15) is 0 Å². The van der Waals surface area contributed by atoms with Crippen molar-refractivity contribution in [2.75, 3.05) is 23.1 Å². The molecule has 3 N–H and O–H groups in total. The van der Waals surface area contributed by atoms with Crippen LogP contribution in [0.5, 0.6) is 5.75 Å². The number of ether oxygens (including phenoxy) is 1. The minimum Gasteiger partial charge on any atom is -0.497 e. The van der Waals surface area contributed by atoms with E-state index in [0.717, 1.165) is 6.07 Å². The highest BCUT2D eigenvalue weighted by Gasteiger charge is 2.12. The molecular formula is C16H15F2N3O2S. The molecule has 0 aliphatic rings. The molecule has 0 saturated heterocycles. The van der Waals surface area contributed by atoms with Crippen LogP contribution in [-0.2, 0) is 4.79 Å². The van der Waals surface area contributed by atoms with Crippen molar-refractivity contribution in [2.24, 2.45) is 0 Å². The van der Waals surface area contributed by atoms with Gasteiger partial charge >= 0.3 is 0 Å². The lowest BCUT2D eigenvalue weighted by Crippen LogP contribution is -2.20. The van der Waals surface area contributed by atoms with Crippen LogP contribution in [0.15, 0.2) is 36.4 Å². The second-order valence-electron chi connectivity index (χ2n) is 4.80. The van der Waals surface area contributed by atoms with Gasteiger partial charge in [-0.15, -0.1) is 0 Å². The van der Waals surface area contributed by atoms with Gasteiger partial charge in [0.15, 0.2) is 5.11 Å². The van der Waals surface area contributed by atoms with Crippen LogP contribution in [0.2, 0.25) is 0 Å².